The van der Waals surface area contributed by atoms with Crippen LogP contribution in [0, 0.1) is 0 Å². The Hall–Kier alpha value is -1.87. The van der Waals surface area contributed by atoms with E-state index in [9.17, 15) is 4.79 Å². The molecular weight excluding hydrogens is 232 g/mol. The third kappa shape index (κ3) is 1.89. The summed E-state index contributed by atoms with van der Waals surface area (Å²) in [5, 5.41) is 1.99. The van der Waals surface area contributed by atoms with E-state index in [-0.39, 0.29) is 5.78 Å². The molecular formula is C14H10O2S. The summed E-state index contributed by atoms with van der Waals surface area (Å²) in [6, 6.07) is 11.3. The molecule has 0 saturated carbocycles. The van der Waals surface area contributed by atoms with Crippen LogP contribution in [-0.2, 0) is 0 Å². The second-order valence-electron chi connectivity index (χ2n) is 3.80. The molecule has 0 radical (unpaired) electrons. The zero-order chi connectivity index (χ0) is 11.7. The molecule has 84 valence electrons. The van der Waals surface area contributed by atoms with Crippen LogP contribution in [0.15, 0.2) is 47.4 Å². The number of ether oxygens (including phenoxy) is 1. The van der Waals surface area contributed by atoms with Crippen molar-refractivity contribution in [1.82, 2.24) is 0 Å². The molecule has 0 saturated heterocycles. The lowest BCUT2D eigenvalue weighted by Crippen LogP contribution is -2.18. The number of para-hydroxylation sites is 1. The standard InChI is InChI=1S/C14H10O2S/c15-14-10(8-11-4-3-7-17-11)9-16-13-6-2-1-5-12(13)14/h1-8H,9H2/b10-8-. The van der Waals surface area contributed by atoms with Crippen LogP contribution in [0.3, 0.4) is 0 Å². The van der Waals surface area contributed by atoms with E-state index >= 15 is 0 Å². The van der Waals surface area contributed by atoms with Crippen molar-refractivity contribution in [3.05, 3.63) is 57.8 Å². The summed E-state index contributed by atoms with van der Waals surface area (Å²) in [5.41, 5.74) is 1.37. The predicted octanol–water partition coefficient (Wildman–Crippen LogP) is 3.41. The first-order valence-corrected chi connectivity index (χ1v) is 6.23. The summed E-state index contributed by atoms with van der Waals surface area (Å²) < 4.78 is 5.57. The quantitative estimate of drug-likeness (QED) is 0.716. The molecule has 0 fully saturated rings. The smallest absolute Gasteiger partial charge is 0.196 e. The summed E-state index contributed by atoms with van der Waals surface area (Å²) in [6.45, 7) is 0.355. The van der Waals surface area contributed by atoms with Gasteiger partial charge in [-0.05, 0) is 29.7 Å². The highest BCUT2D eigenvalue weighted by Gasteiger charge is 2.22. The van der Waals surface area contributed by atoms with Gasteiger partial charge in [-0.15, -0.1) is 11.3 Å². The third-order valence-electron chi connectivity index (χ3n) is 2.67. The Bertz CT molecular complexity index is 582. The van der Waals surface area contributed by atoms with Crippen molar-refractivity contribution in [3.8, 4) is 5.75 Å². The van der Waals surface area contributed by atoms with Crippen molar-refractivity contribution < 1.29 is 9.53 Å². The van der Waals surface area contributed by atoms with Crippen molar-refractivity contribution in [1.29, 1.82) is 0 Å². The summed E-state index contributed by atoms with van der Waals surface area (Å²) >= 11 is 1.62. The molecule has 2 heterocycles. The van der Waals surface area contributed by atoms with Gasteiger partial charge in [0.15, 0.2) is 5.78 Å². The molecule has 3 rings (SSSR count). The first-order chi connectivity index (χ1) is 8.34. The maximum Gasteiger partial charge on any atom is 0.196 e. The van der Waals surface area contributed by atoms with Gasteiger partial charge in [0, 0.05) is 10.5 Å². The van der Waals surface area contributed by atoms with Crippen molar-refractivity contribution in [2.45, 2.75) is 0 Å². The molecule has 0 N–H and O–H groups in total. The number of Topliss-reactive ketones (excluding diaryl/α,β-unsaturated/α-hetero) is 1. The lowest BCUT2D eigenvalue weighted by Gasteiger charge is -2.18. The van der Waals surface area contributed by atoms with Gasteiger partial charge in [0.1, 0.15) is 12.4 Å². The topological polar surface area (TPSA) is 26.3 Å². The Kier molecular flexibility index (Phi) is 2.53. The minimum atomic E-state index is 0.0697. The number of carbonyl (C=O) groups is 1. The minimum Gasteiger partial charge on any atom is -0.488 e. The highest BCUT2D eigenvalue weighted by Crippen LogP contribution is 2.28. The van der Waals surface area contributed by atoms with Crippen LogP contribution in [0.2, 0.25) is 0 Å². The normalized spacial score (nSPS) is 16.7. The maximum absolute atomic E-state index is 12.2. The lowest BCUT2D eigenvalue weighted by atomic mass is 10.00. The number of ketones is 1. The van der Waals surface area contributed by atoms with Crippen LogP contribution in [-0.4, -0.2) is 12.4 Å². The van der Waals surface area contributed by atoms with Gasteiger partial charge < -0.3 is 4.74 Å². The molecule has 0 amide bonds. The Labute approximate surface area is 103 Å². The zero-order valence-corrected chi connectivity index (χ0v) is 9.87. The van der Waals surface area contributed by atoms with E-state index in [1.807, 2.05) is 41.8 Å². The number of fused-ring (bicyclic) bond motifs is 1. The molecule has 3 heteroatoms. The number of benzene rings is 1. The molecule has 0 spiro atoms. The molecule has 1 aromatic carbocycles. The molecule has 1 aliphatic rings. The molecule has 1 aliphatic heterocycles. The molecule has 2 nitrogen and oxygen atoms in total. The second-order valence-corrected chi connectivity index (χ2v) is 4.78. The Balaban J connectivity index is 2.00. The minimum absolute atomic E-state index is 0.0697. The van der Waals surface area contributed by atoms with Crippen molar-refractivity contribution in [2.75, 3.05) is 6.61 Å². The first kappa shape index (κ1) is 10.3. The van der Waals surface area contributed by atoms with E-state index in [0.29, 0.717) is 23.5 Å². The Morgan fingerprint density at radius 3 is 2.88 bits per heavy atom. The van der Waals surface area contributed by atoms with Crippen LogP contribution in [0.1, 0.15) is 15.2 Å². The molecule has 2 aromatic rings. The van der Waals surface area contributed by atoms with Crippen LogP contribution >= 0.6 is 11.3 Å². The summed E-state index contributed by atoms with van der Waals surface area (Å²) in [6.07, 6.45) is 1.91. The van der Waals surface area contributed by atoms with E-state index in [1.54, 1.807) is 17.4 Å². The van der Waals surface area contributed by atoms with Crippen molar-refractivity contribution in [3.63, 3.8) is 0 Å². The summed E-state index contributed by atoms with van der Waals surface area (Å²) in [7, 11) is 0. The zero-order valence-electron chi connectivity index (χ0n) is 9.05. The van der Waals surface area contributed by atoms with Crippen LogP contribution in [0.5, 0.6) is 5.75 Å². The average Bonchev–Trinajstić information content (AvgIpc) is 2.86. The number of hydrogen-bond donors (Lipinski definition) is 0. The molecule has 0 unspecified atom stereocenters. The third-order valence-corrected chi connectivity index (χ3v) is 3.49. The van der Waals surface area contributed by atoms with E-state index in [4.69, 9.17) is 4.74 Å². The second kappa shape index (κ2) is 4.18. The van der Waals surface area contributed by atoms with Crippen LogP contribution in [0.25, 0.3) is 6.08 Å². The Morgan fingerprint density at radius 2 is 2.06 bits per heavy atom. The monoisotopic (exact) mass is 242 g/mol. The summed E-state index contributed by atoms with van der Waals surface area (Å²) in [4.78, 5) is 13.3. The van der Waals surface area contributed by atoms with Gasteiger partial charge in [-0.3, -0.25) is 4.79 Å². The van der Waals surface area contributed by atoms with Gasteiger partial charge in [-0.2, -0.15) is 0 Å². The molecule has 1 aromatic heterocycles. The number of carbonyl (C=O) groups excluding carboxylic acids is 1. The fourth-order valence-corrected chi connectivity index (χ4v) is 2.51. The number of hydrogen-bond acceptors (Lipinski definition) is 3. The van der Waals surface area contributed by atoms with Crippen molar-refractivity contribution in [2.24, 2.45) is 0 Å². The van der Waals surface area contributed by atoms with E-state index in [1.165, 1.54) is 0 Å². The van der Waals surface area contributed by atoms with Crippen LogP contribution in [0.4, 0.5) is 0 Å². The molecule has 0 bridgehead atoms. The number of rotatable bonds is 1. The maximum atomic E-state index is 12.2. The highest BCUT2D eigenvalue weighted by atomic mass is 32.1. The van der Waals surface area contributed by atoms with Gasteiger partial charge in [0.05, 0.1) is 5.56 Å². The van der Waals surface area contributed by atoms with E-state index < -0.39 is 0 Å². The highest BCUT2D eigenvalue weighted by molar-refractivity contribution is 7.10. The lowest BCUT2D eigenvalue weighted by molar-refractivity contribution is 0.100. The first-order valence-electron chi connectivity index (χ1n) is 5.35. The average molecular weight is 242 g/mol. The number of thiophene rings is 1. The SMILES string of the molecule is O=C1/C(=C\c2cccs2)COc2ccccc21. The van der Waals surface area contributed by atoms with Crippen molar-refractivity contribution >= 4 is 23.2 Å². The van der Waals surface area contributed by atoms with Crippen LogP contribution < -0.4 is 4.74 Å². The van der Waals surface area contributed by atoms with Gasteiger partial charge in [-0.25, -0.2) is 0 Å². The fraction of sp³-hybridized carbons (Fsp3) is 0.0714. The largest absolute Gasteiger partial charge is 0.488 e. The molecule has 0 aliphatic carbocycles. The summed E-state index contributed by atoms with van der Waals surface area (Å²) in [5.74, 6) is 0.751. The fourth-order valence-electron chi connectivity index (χ4n) is 1.83. The van der Waals surface area contributed by atoms with Gasteiger partial charge in [0.25, 0.3) is 0 Å². The Morgan fingerprint density at radius 1 is 1.18 bits per heavy atom. The van der Waals surface area contributed by atoms with E-state index in [0.717, 1.165) is 4.88 Å². The van der Waals surface area contributed by atoms with Gasteiger partial charge in [-0.1, -0.05) is 18.2 Å². The predicted molar refractivity (Wildman–Crippen MR) is 68.6 cm³/mol. The van der Waals surface area contributed by atoms with Gasteiger partial charge in [0.2, 0.25) is 0 Å². The molecule has 0 atom stereocenters. The van der Waals surface area contributed by atoms with Gasteiger partial charge >= 0.3 is 0 Å². The van der Waals surface area contributed by atoms with E-state index in [2.05, 4.69) is 0 Å². The molecule has 17 heavy (non-hydrogen) atoms.